The number of guanidine groups is 1. The first-order valence-corrected chi connectivity index (χ1v) is 7.43. The third-order valence-corrected chi connectivity index (χ3v) is 4.31. The Morgan fingerprint density at radius 3 is 2.44 bits per heavy atom. The molecule has 0 amide bonds. The minimum atomic E-state index is 0.422. The van der Waals surface area contributed by atoms with Gasteiger partial charge in [-0.25, -0.2) is 0 Å². The molecule has 3 nitrogen and oxygen atoms in total. The zero-order chi connectivity index (χ0) is 13.5. The molecular formula is C14H25N3S. The number of rotatable bonds is 5. The Labute approximate surface area is 115 Å². The van der Waals surface area contributed by atoms with Crippen molar-refractivity contribution in [2.45, 2.75) is 46.7 Å². The van der Waals surface area contributed by atoms with Gasteiger partial charge in [-0.05, 0) is 31.4 Å². The lowest BCUT2D eigenvalue weighted by Gasteiger charge is -2.20. The second-order valence-corrected chi connectivity index (χ2v) is 6.08. The van der Waals surface area contributed by atoms with Gasteiger partial charge in [0.25, 0.3) is 0 Å². The third kappa shape index (κ3) is 4.69. The minimum absolute atomic E-state index is 0.422. The van der Waals surface area contributed by atoms with Gasteiger partial charge in [0, 0.05) is 22.8 Å². The molecule has 0 saturated heterocycles. The summed E-state index contributed by atoms with van der Waals surface area (Å²) in [7, 11) is 1.81. The van der Waals surface area contributed by atoms with Crippen LogP contribution in [0.5, 0.6) is 0 Å². The highest BCUT2D eigenvalue weighted by Gasteiger charge is 2.08. The number of aryl methyl sites for hydroxylation is 1. The maximum absolute atomic E-state index is 4.25. The van der Waals surface area contributed by atoms with Crippen LogP contribution in [0.4, 0.5) is 0 Å². The molecule has 2 N–H and O–H groups in total. The summed E-state index contributed by atoms with van der Waals surface area (Å²) in [6.45, 7) is 9.62. The van der Waals surface area contributed by atoms with Gasteiger partial charge in [0.2, 0.25) is 0 Å². The Balaban J connectivity index is 2.45. The zero-order valence-electron chi connectivity index (χ0n) is 12.1. The molecule has 0 aliphatic rings. The fourth-order valence-corrected chi connectivity index (χ4v) is 2.35. The fraction of sp³-hybridized carbons (Fsp3) is 0.643. The number of nitrogens with one attached hydrogen (secondary N) is 2. The molecule has 0 fully saturated rings. The van der Waals surface area contributed by atoms with Crippen molar-refractivity contribution in [1.82, 2.24) is 10.6 Å². The Hall–Kier alpha value is -1.03. The van der Waals surface area contributed by atoms with Crippen LogP contribution < -0.4 is 10.6 Å². The monoisotopic (exact) mass is 267 g/mol. The molecular weight excluding hydrogens is 242 g/mol. The van der Waals surface area contributed by atoms with E-state index < -0.39 is 0 Å². The van der Waals surface area contributed by atoms with E-state index in [9.17, 15) is 0 Å². The molecule has 1 aromatic rings. The highest BCUT2D eigenvalue weighted by Crippen LogP contribution is 2.16. The molecule has 1 atom stereocenters. The lowest BCUT2D eigenvalue weighted by Crippen LogP contribution is -2.43. The standard InChI is InChI=1S/C14H25N3S/c1-6-12-7-8-13(18-12)9-16-14(15-5)17-11(4)10(2)3/h7-8,10-11H,6,9H2,1-5H3,(H2,15,16,17). The molecule has 102 valence electrons. The average Bonchev–Trinajstić information content (AvgIpc) is 2.81. The van der Waals surface area contributed by atoms with Crippen molar-refractivity contribution < 1.29 is 0 Å². The molecule has 0 aromatic carbocycles. The van der Waals surface area contributed by atoms with Gasteiger partial charge in [0.05, 0.1) is 6.54 Å². The van der Waals surface area contributed by atoms with E-state index in [-0.39, 0.29) is 0 Å². The van der Waals surface area contributed by atoms with Crippen molar-refractivity contribution in [3.63, 3.8) is 0 Å². The summed E-state index contributed by atoms with van der Waals surface area (Å²) in [4.78, 5) is 7.04. The van der Waals surface area contributed by atoms with Crippen LogP contribution in [-0.2, 0) is 13.0 Å². The first kappa shape index (κ1) is 15.0. The van der Waals surface area contributed by atoms with E-state index in [0.29, 0.717) is 12.0 Å². The summed E-state index contributed by atoms with van der Waals surface area (Å²) >= 11 is 1.87. The van der Waals surface area contributed by atoms with Crippen LogP contribution in [0.15, 0.2) is 17.1 Å². The van der Waals surface area contributed by atoms with Crippen LogP contribution in [0.1, 0.15) is 37.4 Å². The van der Waals surface area contributed by atoms with Crippen molar-refractivity contribution >= 4 is 17.3 Å². The van der Waals surface area contributed by atoms with Gasteiger partial charge >= 0.3 is 0 Å². The van der Waals surface area contributed by atoms with Crippen LogP contribution in [0, 0.1) is 5.92 Å². The summed E-state index contributed by atoms with van der Waals surface area (Å²) in [6, 6.07) is 4.82. The molecule has 0 spiro atoms. The third-order valence-electron chi connectivity index (χ3n) is 3.08. The zero-order valence-corrected chi connectivity index (χ0v) is 12.9. The van der Waals surface area contributed by atoms with E-state index in [4.69, 9.17) is 0 Å². The molecule has 0 saturated carbocycles. The van der Waals surface area contributed by atoms with E-state index in [1.165, 1.54) is 9.75 Å². The summed E-state index contributed by atoms with van der Waals surface area (Å²) < 4.78 is 0. The van der Waals surface area contributed by atoms with Crippen LogP contribution in [0.25, 0.3) is 0 Å². The van der Waals surface area contributed by atoms with Crippen molar-refractivity contribution in [2.24, 2.45) is 10.9 Å². The van der Waals surface area contributed by atoms with Crippen LogP contribution in [0.3, 0.4) is 0 Å². The molecule has 18 heavy (non-hydrogen) atoms. The molecule has 0 radical (unpaired) electrons. The van der Waals surface area contributed by atoms with Gasteiger partial charge in [-0.15, -0.1) is 11.3 Å². The number of nitrogens with zero attached hydrogens (tertiary/aromatic N) is 1. The number of aliphatic imine (C=N–C) groups is 1. The molecule has 1 heterocycles. The second-order valence-electron chi connectivity index (χ2n) is 4.82. The van der Waals surface area contributed by atoms with Gasteiger partial charge in [0.1, 0.15) is 0 Å². The lowest BCUT2D eigenvalue weighted by molar-refractivity contribution is 0.481. The van der Waals surface area contributed by atoms with Gasteiger partial charge in [-0.1, -0.05) is 20.8 Å². The van der Waals surface area contributed by atoms with Crippen LogP contribution >= 0.6 is 11.3 Å². The van der Waals surface area contributed by atoms with Gasteiger partial charge in [0.15, 0.2) is 5.96 Å². The largest absolute Gasteiger partial charge is 0.354 e. The summed E-state index contributed by atoms with van der Waals surface area (Å²) in [5, 5.41) is 6.76. The predicted molar refractivity (Wildman–Crippen MR) is 81.3 cm³/mol. The highest BCUT2D eigenvalue weighted by molar-refractivity contribution is 7.11. The molecule has 0 aliphatic carbocycles. The quantitative estimate of drug-likeness (QED) is 0.635. The normalized spacial score (nSPS) is 13.8. The SMILES string of the molecule is CCc1ccc(CNC(=NC)NC(C)C(C)C)s1. The topological polar surface area (TPSA) is 36.4 Å². The van der Waals surface area contributed by atoms with E-state index in [2.05, 4.69) is 55.5 Å². The Bertz CT molecular complexity index is 382. The van der Waals surface area contributed by atoms with Crippen molar-refractivity contribution in [1.29, 1.82) is 0 Å². The maximum atomic E-state index is 4.25. The van der Waals surface area contributed by atoms with Gasteiger partial charge in [-0.2, -0.15) is 0 Å². The lowest BCUT2D eigenvalue weighted by atomic mass is 10.1. The first-order chi connectivity index (χ1) is 8.56. The highest BCUT2D eigenvalue weighted by atomic mass is 32.1. The molecule has 0 aliphatic heterocycles. The maximum Gasteiger partial charge on any atom is 0.191 e. The van der Waals surface area contributed by atoms with Crippen LogP contribution in [-0.4, -0.2) is 19.0 Å². The molecule has 4 heteroatoms. The molecule has 1 aromatic heterocycles. The average molecular weight is 267 g/mol. The van der Waals surface area contributed by atoms with Gasteiger partial charge < -0.3 is 10.6 Å². The van der Waals surface area contributed by atoms with E-state index in [0.717, 1.165) is 18.9 Å². The van der Waals surface area contributed by atoms with Gasteiger partial charge in [-0.3, -0.25) is 4.99 Å². The Morgan fingerprint density at radius 1 is 1.28 bits per heavy atom. The number of hydrogen-bond acceptors (Lipinski definition) is 2. The second kappa shape index (κ2) is 7.41. The molecule has 0 bridgehead atoms. The summed E-state index contributed by atoms with van der Waals surface area (Å²) in [5.41, 5.74) is 0. The van der Waals surface area contributed by atoms with E-state index in [1.54, 1.807) is 0 Å². The fourth-order valence-electron chi connectivity index (χ4n) is 1.46. The molecule has 1 rings (SSSR count). The van der Waals surface area contributed by atoms with Crippen molar-refractivity contribution in [3.05, 3.63) is 21.9 Å². The summed E-state index contributed by atoms with van der Waals surface area (Å²) in [6.07, 6.45) is 1.11. The Morgan fingerprint density at radius 2 is 1.94 bits per heavy atom. The number of hydrogen-bond donors (Lipinski definition) is 2. The van der Waals surface area contributed by atoms with Crippen molar-refractivity contribution in [3.8, 4) is 0 Å². The first-order valence-electron chi connectivity index (χ1n) is 6.61. The van der Waals surface area contributed by atoms with E-state index in [1.807, 2.05) is 18.4 Å². The number of thiophene rings is 1. The van der Waals surface area contributed by atoms with Crippen LogP contribution in [0.2, 0.25) is 0 Å². The molecule has 1 unspecified atom stereocenters. The smallest absolute Gasteiger partial charge is 0.191 e. The minimum Gasteiger partial charge on any atom is -0.354 e. The summed E-state index contributed by atoms with van der Waals surface area (Å²) in [5.74, 6) is 1.47. The van der Waals surface area contributed by atoms with Crippen molar-refractivity contribution in [2.75, 3.05) is 7.05 Å². The Kier molecular flexibility index (Phi) is 6.19. The predicted octanol–water partition coefficient (Wildman–Crippen LogP) is 3.02. The van der Waals surface area contributed by atoms with E-state index >= 15 is 0 Å².